The van der Waals surface area contributed by atoms with Gasteiger partial charge in [-0.3, -0.25) is 4.79 Å². The molecule has 5 nitrogen and oxygen atoms in total. The number of para-hydroxylation sites is 1. The van der Waals surface area contributed by atoms with E-state index in [0.717, 1.165) is 0 Å². The zero-order valence-corrected chi connectivity index (χ0v) is 10.5. The van der Waals surface area contributed by atoms with Crippen LogP contribution in [0.4, 0.5) is 5.69 Å². The van der Waals surface area contributed by atoms with E-state index >= 15 is 0 Å². The average Bonchev–Trinajstić information content (AvgIpc) is 2.83. The van der Waals surface area contributed by atoms with Gasteiger partial charge in [-0.15, -0.1) is 0 Å². The number of carbonyl (C=O) groups excluding carboxylic acids is 2. The average molecular weight is 258 g/mol. The minimum absolute atomic E-state index is 0.307. The number of rotatable bonds is 4. The summed E-state index contributed by atoms with van der Waals surface area (Å²) >= 11 is 0. The lowest BCUT2D eigenvalue weighted by Crippen LogP contribution is -2.21. The van der Waals surface area contributed by atoms with Crippen LogP contribution in [0.5, 0.6) is 0 Å². The molecule has 5 heteroatoms. The molecule has 0 aliphatic heterocycles. The third kappa shape index (κ3) is 3.45. The molecule has 1 aromatic carbocycles. The highest BCUT2D eigenvalue weighted by Crippen LogP contribution is 2.05. The summed E-state index contributed by atoms with van der Waals surface area (Å²) in [6.07, 6.45) is 1.74. The van der Waals surface area contributed by atoms with E-state index in [1.807, 2.05) is 18.2 Å². The molecule has 1 amide bonds. The van der Waals surface area contributed by atoms with Gasteiger partial charge in [0.05, 0.1) is 0 Å². The fraction of sp³-hybridized carbons (Fsp3) is 0.143. The predicted molar refractivity (Wildman–Crippen MR) is 70.8 cm³/mol. The Balaban J connectivity index is 1.84. The topological polar surface area (TPSA) is 60.3 Å². The first-order valence-corrected chi connectivity index (χ1v) is 5.80. The fourth-order valence-corrected chi connectivity index (χ4v) is 1.60. The number of hydrogen-bond donors (Lipinski definition) is 1. The van der Waals surface area contributed by atoms with Crippen molar-refractivity contribution in [2.24, 2.45) is 7.05 Å². The van der Waals surface area contributed by atoms with Crippen LogP contribution in [-0.4, -0.2) is 23.1 Å². The van der Waals surface area contributed by atoms with E-state index in [-0.39, 0.29) is 12.5 Å². The highest BCUT2D eigenvalue weighted by molar-refractivity contribution is 5.94. The summed E-state index contributed by atoms with van der Waals surface area (Å²) in [5.74, 6) is -0.885. The van der Waals surface area contributed by atoms with Crippen LogP contribution < -0.4 is 5.32 Å². The van der Waals surface area contributed by atoms with Crippen LogP contribution in [0.15, 0.2) is 48.7 Å². The molecular formula is C14H14N2O3. The van der Waals surface area contributed by atoms with E-state index in [4.69, 9.17) is 4.74 Å². The molecule has 1 heterocycles. The predicted octanol–water partition coefficient (Wildman–Crippen LogP) is 1.82. The third-order valence-corrected chi connectivity index (χ3v) is 2.54. The Hall–Kier alpha value is -2.56. The molecule has 0 unspecified atom stereocenters. The van der Waals surface area contributed by atoms with Crippen molar-refractivity contribution in [2.75, 3.05) is 11.9 Å². The number of esters is 1. The quantitative estimate of drug-likeness (QED) is 0.851. The molecule has 0 saturated carbocycles. The second kappa shape index (κ2) is 5.86. The molecule has 0 radical (unpaired) electrons. The summed E-state index contributed by atoms with van der Waals surface area (Å²) in [5.41, 5.74) is 1.08. The number of amides is 1. The van der Waals surface area contributed by atoms with E-state index < -0.39 is 5.97 Å². The van der Waals surface area contributed by atoms with Crippen LogP contribution in [0.25, 0.3) is 0 Å². The first-order chi connectivity index (χ1) is 9.16. The lowest BCUT2D eigenvalue weighted by Gasteiger charge is -2.06. The van der Waals surface area contributed by atoms with Crippen LogP contribution in [0.3, 0.4) is 0 Å². The van der Waals surface area contributed by atoms with Gasteiger partial charge in [-0.05, 0) is 24.3 Å². The highest BCUT2D eigenvalue weighted by atomic mass is 16.5. The first kappa shape index (κ1) is 12.9. The Labute approximate surface area is 110 Å². The smallest absolute Gasteiger partial charge is 0.355 e. The van der Waals surface area contributed by atoms with Crippen molar-refractivity contribution in [3.05, 3.63) is 54.4 Å². The molecule has 0 spiro atoms. The summed E-state index contributed by atoms with van der Waals surface area (Å²) in [6.45, 7) is -0.307. The number of hydrogen-bond acceptors (Lipinski definition) is 3. The molecule has 0 bridgehead atoms. The second-order valence-corrected chi connectivity index (χ2v) is 3.99. The number of anilines is 1. The number of nitrogens with one attached hydrogen (secondary N) is 1. The van der Waals surface area contributed by atoms with Crippen molar-refractivity contribution in [3.8, 4) is 0 Å². The van der Waals surface area contributed by atoms with Crippen LogP contribution in [0.1, 0.15) is 10.5 Å². The highest BCUT2D eigenvalue weighted by Gasteiger charge is 2.12. The molecule has 0 atom stereocenters. The number of benzene rings is 1. The van der Waals surface area contributed by atoms with E-state index in [1.165, 1.54) is 0 Å². The van der Waals surface area contributed by atoms with Crippen molar-refractivity contribution in [1.29, 1.82) is 0 Å². The van der Waals surface area contributed by atoms with Crippen molar-refractivity contribution in [1.82, 2.24) is 4.57 Å². The number of ether oxygens (including phenoxy) is 1. The van der Waals surface area contributed by atoms with Crippen LogP contribution in [-0.2, 0) is 16.6 Å². The SMILES string of the molecule is Cn1cccc1C(=O)OCC(=O)Nc1ccccc1. The summed E-state index contributed by atoms with van der Waals surface area (Å²) in [5, 5.41) is 2.63. The van der Waals surface area contributed by atoms with Crippen molar-refractivity contribution in [3.63, 3.8) is 0 Å². The molecule has 19 heavy (non-hydrogen) atoms. The van der Waals surface area contributed by atoms with E-state index in [9.17, 15) is 9.59 Å². The molecule has 0 fully saturated rings. The largest absolute Gasteiger partial charge is 0.451 e. The summed E-state index contributed by atoms with van der Waals surface area (Å²) in [6, 6.07) is 12.4. The van der Waals surface area contributed by atoms with Crippen LogP contribution in [0, 0.1) is 0 Å². The minimum Gasteiger partial charge on any atom is -0.451 e. The summed E-state index contributed by atoms with van der Waals surface area (Å²) in [7, 11) is 1.74. The van der Waals surface area contributed by atoms with Crippen molar-refractivity contribution < 1.29 is 14.3 Å². The van der Waals surface area contributed by atoms with Gasteiger partial charge in [0, 0.05) is 18.9 Å². The van der Waals surface area contributed by atoms with Crippen LogP contribution >= 0.6 is 0 Å². The Morgan fingerprint density at radius 3 is 2.53 bits per heavy atom. The maximum Gasteiger partial charge on any atom is 0.355 e. The molecule has 0 saturated heterocycles. The monoisotopic (exact) mass is 258 g/mol. The Kier molecular flexibility index (Phi) is 3.97. The molecule has 1 N–H and O–H groups in total. The fourth-order valence-electron chi connectivity index (χ4n) is 1.60. The third-order valence-electron chi connectivity index (χ3n) is 2.54. The molecule has 98 valence electrons. The lowest BCUT2D eigenvalue weighted by atomic mass is 10.3. The van der Waals surface area contributed by atoms with Crippen molar-refractivity contribution in [2.45, 2.75) is 0 Å². The number of aryl methyl sites for hydroxylation is 1. The number of carbonyl (C=O) groups is 2. The molecular weight excluding hydrogens is 244 g/mol. The first-order valence-electron chi connectivity index (χ1n) is 5.80. The molecule has 1 aromatic heterocycles. The van der Waals surface area contributed by atoms with Crippen molar-refractivity contribution >= 4 is 17.6 Å². The zero-order chi connectivity index (χ0) is 13.7. The number of nitrogens with zero attached hydrogens (tertiary/aromatic N) is 1. The normalized spacial score (nSPS) is 9.95. The Morgan fingerprint density at radius 1 is 1.16 bits per heavy atom. The lowest BCUT2D eigenvalue weighted by molar-refractivity contribution is -0.119. The molecule has 2 aromatic rings. The maximum absolute atomic E-state index is 11.7. The Bertz CT molecular complexity index is 575. The van der Waals surface area contributed by atoms with Gasteiger partial charge in [-0.1, -0.05) is 18.2 Å². The van der Waals surface area contributed by atoms with E-state index in [1.54, 1.807) is 42.1 Å². The Morgan fingerprint density at radius 2 is 1.89 bits per heavy atom. The maximum atomic E-state index is 11.7. The second-order valence-electron chi connectivity index (χ2n) is 3.99. The molecule has 2 rings (SSSR count). The van der Waals surface area contributed by atoms with E-state index in [2.05, 4.69) is 5.32 Å². The van der Waals surface area contributed by atoms with Gasteiger partial charge >= 0.3 is 5.97 Å². The standard InChI is InChI=1S/C14H14N2O3/c1-16-9-5-8-12(16)14(18)19-10-13(17)15-11-6-3-2-4-7-11/h2-9H,10H2,1H3,(H,15,17). The van der Waals surface area contributed by atoms with Gasteiger partial charge in [-0.2, -0.15) is 0 Å². The van der Waals surface area contributed by atoms with Gasteiger partial charge < -0.3 is 14.6 Å². The van der Waals surface area contributed by atoms with Gasteiger partial charge in [0.1, 0.15) is 5.69 Å². The summed E-state index contributed by atoms with van der Waals surface area (Å²) < 4.78 is 6.57. The van der Waals surface area contributed by atoms with Gasteiger partial charge in [-0.25, -0.2) is 4.79 Å². The van der Waals surface area contributed by atoms with Gasteiger partial charge in [0.2, 0.25) is 0 Å². The van der Waals surface area contributed by atoms with Crippen LogP contribution in [0.2, 0.25) is 0 Å². The van der Waals surface area contributed by atoms with Gasteiger partial charge in [0.25, 0.3) is 5.91 Å². The minimum atomic E-state index is -0.518. The zero-order valence-electron chi connectivity index (χ0n) is 10.5. The molecule has 0 aliphatic rings. The van der Waals surface area contributed by atoms with E-state index in [0.29, 0.717) is 11.4 Å². The summed E-state index contributed by atoms with van der Waals surface area (Å²) in [4.78, 5) is 23.2. The number of aromatic nitrogens is 1. The van der Waals surface area contributed by atoms with Gasteiger partial charge in [0.15, 0.2) is 6.61 Å². The molecule has 0 aliphatic carbocycles.